The zero-order chi connectivity index (χ0) is 17.7. The van der Waals surface area contributed by atoms with E-state index in [0.717, 1.165) is 44.1 Å². The van der Waals surface area contributed by atoms with Crippen LogP contribution in [0.4, 0.5) is 4.39 Å². The van der Waals surface area contributed by atoms with Gasteiger partial charge in [0.1, 0.15) is 23.9 Å². The molecule has 0 aliphatic rings. The second-order valence-electron chi connectivity index (χ2n) is 6.09. The molecule has 0 aliphatic carbocycles. The van der Waals surface area contributed by atoms with Crippen LogP contribution in [0, 0.1) is 5.82 Å². The molecule has 0 aromatic heterocycles. The van der Waals surface area contributed by atoms with Gasteiger partial charge in [-0.05, 0) is 18.4 Å². The Labute approximate surface area is 149 Å². The molecule has 0 fully saturated rings. The van der Waals surface area contributed by atoms with Crippen LogP contribution >= 0.6 is 0 Å². The Morgan fingerprint density at radius 2 is 1.40 bits per heavy atom. The molecular weight excluding hydrogens is 319 g/mol. The molecule has 0 spiro atoms. The summed E-state index contributed by atoms with van der Waals surface area (Å²) in [5, 5.41) is 8.72. The Kier molecular flexibility index (Phi) is 8.84. The molecule has 2 aromatic rings. The van der Waals surface area contributed by atoms with Gasteiger partial charge in [0.2, 0.25) is 0 Å². The summed E-state index contributed by atoms with van der Waals surface area (Å²) in [5.74, 6) is 0.621. The molecule has 2 aromatic carbocycles. The first kappa shape index (κ1) is 19.3. The van der Waals surface area contributed by atoms with Crippen molar-refractivity contribution in [2.75, 3.05) is 13.2 Å². The molecule has 25 heavy (non-hydrogen) atoms. The Morgan fingerprint density at radius 1 is 0.760 bits per heavy atom. The first-order chi connectivity index (χ1) is 12.3. The van der Waals surface area contributed by atoms with Crippen molar-refractivity contribution in [3.63, 3.8) is 0 Å². The van der Waals surface area contributed by atoms with Crippen molar-refractivity contribution in [2.45, 2.75) is 45.1 Å². The second kappa shape index (κ2) is 11.5. The summed E-state index contributed by atoms with van der Waals surface area (Å²) in [6.45, 7) is 1.25. The van der Waals surface area contributed by atoms with E-state index in [9.17, 15) is 4.39 Å². The van der Waals surface area contributed by atoms with Crippen molar-refractivity contribution < 1.29 is 19.0 Å². The van der Waals surface area contributed by atoms with Gasteiger partial charge in [0.15, 0.2) is 0 Å². The smallest absolute Gasteiger partial charge is 0.130 e. The quantitative estimate of drug-likeness (QED) is 0.542. The van der Waals surface area contributed by atoms with E-state index in [1.165, 1.54) is 12.1 Å². The van der Waals surface area contributed by atoms with Gasteiger partial charge in [-0.2, -0.15) is 0 Å². The lowest BCUT2D eigenvalue weighted by Gasteiger charge is -2.10. The minimum atomic E-state index is -0.357. The number of unbranched alkanes of at least 4 members (excludes halogenated alkanes) is 5. The molecule has 0 bridgehead atoms. The van der Waals surface area contributed by atoms with Crippen LogP contribution in [0.15, 0.2) is 48.5 Å². The fraction of sp³-hybridized carbons (Fsp3) is 0.429. The lowest BCUT2D eigenvalue weighted by Crippen LogP contribution is -2.00. The van der Waals surface area contributed by atoms with Gasteiger partial charge < -0.3 is 14.6 Å². The summed E-state index contributed by atoms with van der Waals surface area (Å²) in [6.07, 6.45) is 6.25. The van der Waals surface area contributed by atoms with E-state index in [1.54, 1.807) is 6.07 Å². The first-order valence-electron chi connectivity index (χ1n) is 8.99. The van der Waals surface area contributed by atoms with Crippen molar-refractivity contribution in [1.29, 1.82) is 0 Å². The molecule has 0 aliphatic heterocycles. The summed E-state index contributed by atoms with van der Waals surface area (Å²) >= 11 is 0. The van der Waals surface area contributed by atoms with E-state index in [0.29, 0.717) is 24.7 Å². The monoisotopic (exact) mass is 346 g/mol. The van der Waals surface area contributed by atoms with Crippen molar-refractivity contribution in [1.82, 2.24) is 0 Å². The van der Waals surface area contributed by atoms with Crippen LogP contribution in [-0.4, -0.2) is 18.3 Å². The molecule has 0 heterocycles. The zero-order valence-electron chi connectivity index (χ0n) is 14.6. The van der Waals surface area contributed by atoms with Crippen molar-refractivity contribution in [3.05, 3.63) is 59.9 Å². The van der Waals surface area contributed by atoms with E-state index in [2.05, 4.69) is 0 Å². The highest BCUT2D eigenvalue weighted by molar-refractivity contribution is 5.34. The van der Waals surface area contributed by atoms with Gasteiger partial charge in [-0.3, -0.25) is 0 Å². The standard InChI is InChI=1S/C21H27FO3/c22-19-14-20(24-13-9-4-2-1-3-8-12-23)16-21(15-19)25-17-18-10-6-5-7-11-18/h5-7,10-11,14-16,23H,1-4,8-9,12-13,17H2. The minimum Gasteiger partial charge on any atom is -0.493 e. The summed E-state index contributed by atoms with van der Waals surface area (Å²) in [4.78, 5) is 0. The Balaban J connectivity index is 1.71. The molecule has 3 nitrogen and oxygen atoms in total. The highest BCUT2D eigenvalue weighted by atomic mass is 19.1. The fourth-order valence-electron chi connectivity index (χ4n) is 2.56. The summed E-state index contributed by atoms with van der Waals surface area (Å²) in [5.41, 5.74) is 1.04. The van der Waals surface area contributed by atoms with Crippen LogP contribution in [0.25, 0.3) is 0 Å². The number of halogens is 1. The molecule has 0 radical (unpaired) electrons. The Hall–Kier alpha value is -2.07. The van der Waals surface area contributed by atoms with Gasteiger partial charge in [-0.15, -0.1) is 0 Å². The molecule has 136 valence electrons. The van der Waals surface area contributed by atoms with Gasteiger partial charge in [-0.1, -0.05) is 56.0 Å². The van der Waals surface area contributed by atoms with Gasteiger partial charge in [0.25, 0.3) is 0 Å². The predicted molar refractivity (Wildman–Crippen MR) is 97.5 cm³/mol. The molecule has 2 rings (SSSR count). The molecule has 0 unspecified atom stereocenters. The molecular formula is C21H27FO3. The number of benzene rings is 2. The van der Waals surface area contributed by atoms with Gasteiger partial charge in [-0.25, -0.2) is 4.39 Å². The predicted octanol–water partition coefficient (Wildman–Crippen LogP) is 5.12. The molecule has 0 amide bonds. The van der Waals surface area contributed by atoms with Crippen LogP contribution in [0.5, 0.6) is 11.5 Å². The van der Waals surface area contributed by atoms with Crippen LogP contribution in [0.1, 0.15) is 44.1 Å². The maximum absolute atomic E-state index is 13.7. The molecule has 1 N–H and O–H groups in total. The van der Waals surface area contributed by atoms with E-state index < -0.39 is 0 Å². The van der Waals surface area contributed by atoms with E-state index in [4.69, 9.17) is 14.6 Å². The number of aliphatic hydroxyl groups is 1. The van der Waals surface area contributed by atoms with E-state index >= 15 is 0 Å². The highest BCUT2D eigenvalue weighted by Crippen LogP contribution is 2.23. The van der Waals surface area contributed by atoms with Crippen LogP contribution in [0.2, 0.25) is 0 Å². The molecule has 0 saturated heterocycles. The third kappa shape index (κ3) is 8.03. The van der Waals surface area contributed by atoms with Gasteiger partial charge in [0, 0.05) is 24.8 Å². The summed E-state index contributed by atoms with van der Waals surface area (Å²) < 4.78 is 25.0. The summed E-state index contributed by atoms with van der Waals surface area (Å²) in [6, 6.07) is 14.3. The third-order valence-electron chi connectivity index (χ3n) is 3.91. The van der Waals surface area contributed by atoms with Gasteiger partial charge in [0.05, 0.1) is 6.61 Å². The number of hydrogen-bond acceptors (Lipinski definition) is 3. The molecule has 0 atom stereocenters. The average Bonchev–Trinajstić information content (AvgIpc) is 2.63. The lowest BCUT2D eigenvalue weighted by molar-refractivity contribution is 0.278. The minimum absolute atomic E-state index is 0.275. The normalized spacial score (nSPS) is 10.6. The topological polar surface area (TPSA) is 38.7 Å². The average molecular weight is 346 g/mol. The number of hydrogen-bond donors (Lipinski definition) is 1. The van der Waals surface area contributed by atoms with Crippen molar-refractivity contribution in [2.24, 2.45) is 0 Å². The van der Waals surface area contributed by atoms with E-state index in [1.807, 2.05) is 30.3 Å². The van der Waals surface area contributed by atoms with Crippen LogP contribution in [-0.2, 0) is 6.61 Å². The van der Waals surface area contributed by atoms with Gasteiger partial charge >= 0.3 is 0 Å². The fourth-order valence-corrected chi connectivity index (χ4v) is 2.56. The maximum atomic E-state index is 13.7. The van der Waals surface area contributed by atoms with E-state index in [-0.39, 0.29) is 12.4 Å². The SMILES string of the molecule is OCCCCCCCCOc1cc(F)cc(OCc2ccccc2)c1. The Morgan fingerprint density at radius 3 is 2.12 bits per heavy atom. The van der Waals surface area contributed by atoms with Crippen molar-refractivity contribution in [3.8, 4) is 11.5 Å². The van der Waals surface area contributed by atoms with Crippen LogP contribution in [0.3, 0.4) is 0 Å². The Bertz CT molecular complexity index is 601. The number of aliphatic hydroxyl groups excluding tert-OH is 1. The molecule has 4 heteroatoms. The number of rotatable bonds is 12. The van der Waals surface area contributed by atoms with Crippen molar-refractivity contribution >= 4 is 0 Å². The van der Waals surface area contributed by atoms with Crippen LogP contribution < -0.4 is 9.47 Å². The molecule has 0 saturated carbocycles. The first-order valence-corrected chi connectivity index (χ1v) is 8.99. The lowest BCUT2D eigenvalue weighted by atomic mass is 10.1. The largest absolute Gasteiger partial charge is 0.493 e. The maximum Gasteiger partial charge on any atom is 0.130 e. The summed E-state index contributed by atoms with van der Waals surface area (Å²) in [7, 11) is 0. The third-order valence-corrected chi connectivity index (χ3v) is 3.91. The number of ether oxygens (including phenoxy) is 2. The second-order valence-corrected chi connectivity index (χ2v) is 6.09. The highest BCUT2D eigenvalue weighted by Gasteiger charge is 2.04. The zero-order valence-corrected chi connectivity index (χ0v) is 14.6.